The van der Waals surface area contributed by atoms with Gasteiger partial charge in [-0.1, -0.05) is 18.2 Å². The van der Waals surface area contributed by atoms with Crippen LogP contribution < -0.4 is 11.1 Å². The molecule has 1 atom stereocenters. The van der Waals surface area contributed by atoms with Gasteiger partial charge in [0.2, 0.25) is 5.91 Å². The molecule has 138 valence electrons. The maximum atomic E-state index is 12.6. The highest BCUT2D eigenvalue weighted by Gasteiger charge is 2.23. The van der Waals surface area contributed by atoms with Crippen LogP contribution in [-0.2, 0) is 4.79 Å². The number of nitrogens with zero attached hydrogens (tertiary/aromatic N) is 3. The number of benzene rings is 2. The third kappa shape index (κ3) is 3.61. The molecule has 1 unspecified atom stereocenters. The van der Waals surface area contributed by atoms with Crippen LogP contribution in [0.5, 0.6) is 0 Å². The van der Waals surface area contributed by atoms with E-state index in [4.69, 9.17) is 5.73 Å². The van der Waals surface area contributed by atoms with E-state index in [1.54, 1.807) is 0 Å². The number of carbonyl (C=O) groups excluding carboxylic acids is 1. The zero-order chi connectivity index (χ0) is 18.8. The van der Waals surface area contributed by atoms with Gasteiger partial charge >= 0.3 is 0 Å². The molecule has 0 spiro atoms. The highest BCUT2D eigenvalue weighted by atomic mass is 16.2. The molecule has 1 saturated heterocycles. The number of nitrogens with two attached hydrogens (primary N) is 1. The first kappa shape index (κ1) is 17.4. The van der Waals surface area contributed by atoms with E-state index in [-0.39, 0.29) is 11.9 Å². The fourth-order valence-corrected chi connectivity index (χ4v) is 3.57. The monoisotopic (exact) mass is 361 g/mol. The minimum Gasteiger partial charge on any atom is -0.383 e. The maximum Gasteiger partial charge on any atom is 0.241 e. The van der Waals surface area contributed by atoms with Gasteiger partial charge in [0, 0.05) is 11.1 Å². The summed E-state index contributed by atoms with van der Waals surface area (Å²) in [6, 6.07) is 13.7. The van der Waals surface area contributed by atoms with E-state index in [2.05, 4.69) is 20.2 Å². The van der Waals surface area contributed by atoms with E-state index in [1.807, 2.05) is 49.4 Å². The fraction of sp³-hybridized carbons (Fsp3) is 0.286. The van der Waals surface area contributed by atoms with Crippen molar-refractivity contribution in [3.05, 3.63) is 48.8 Å². The Bertz CT molecular complexity index is 981. The van der Waals surface area contributed by atoms with Gasteiger partial charge in [0.1, 0.15) is 12.1 Å². The number of fused-ring (bicyclic) bond motifs is 1. The first-order valence-corrected chi connectivity index (χ1v) is 9.27. The van der Waals surface area contributed by atoms with Crippen molar-refractivity contribution in [2.24, 2.45) is 0 Å². The number of hydrogen-bond donors (Lipinski definition) is 2. The molecule has 1 fully saturated rings. The van der Waals surface area contributed by atoms with E-state index in [1.165, 1.54) is 19.2 Å². The highest BCUT2D eigenvalue weighted by Crippen LogP contribution is 2.27. The third-order valence-electron chi connectivity index (χ3n) is 5.20. The molecule has 1 aromatic heterocycles. The Morgan fingerprint density at radius 3 is 2.70 bits per heavy atom. The average molecular weight is 361 g/mol. The second kappa shape index (κ2) is 7.32. The zero-order valence-corrected chi connectivity index (χ0v) is 15.4. The summed E-state index contributed by atoms with van der Waals surface area (Å²) in [5.74, 6) is 0.496. The molecule has 1 aliphatic rings. The van der Waals surface area contributed by atoms with Gasteiger partial charge in [-0.15, -0.1) is 0 Å². The van der Waals surface area contributed by atoms with Crippen molar-refractivity contribution in [1.29, 1.82) is 0 Å². The number of rotatable bonds is 4. The molecular weight excluding hydrogens is 338 g/mol. The topological polar surface area (TPSA) is 84.1 Å². The van der Waals surface area contributed by atoms with Crippen molar-refractivity contribution in [2.75, 3.05) is 24.1 Å². The molecule has 27 heavy (non-hydrogen) atoms. The van der Waals surface area contributed by atoms with Crippen molar-refractivity contribution in [3.8, 4) is 11.1 Å². The van der Waals surface area contributed by atoms with Crippen LogP contribution in [0.25, 0.3) is 22.0 Å². The minimum absolute atomic E-state index is 0.0326. The normalized spacial score (nSPS) is 15.7. The predicted octanol–water partition coefficient (Wildman–Crippen LogP) is 3.30. The number of nitrogen functional groups attached to an aromatic ring is 1. The molecule has 6 nitrogen and oxygen atoms in total. The second-order valence-corrected chi connectivity index (χ2v) is 6.98. The van der Waals surface area contributed by atoms with Crippen LogP contribution in [0.15, 0.2) is 48.8 Å². The Hall–Kier alpha value is -2.99. The molecule has 1 amide bonds. The Kier molecular flexibility index (Phi) is 4.73. The lowest BCUT2D eigenvalue weighted by Crippen LogP contribution is -2.40. The molecule has 0 aliphatic carbocycles. The van der Waals surface area contributed by atoms with Crippen molar-refractivity contribution >= 4 is 28.3 Å². The smallest absolute Gasteiger partial charge is 0.241 e. The third-order valence-corrected chi connectivity index (χ3v) is 5.20. The van der Waals surface area contributed by atoms with Crippen LogP contribution in [-0.4, -0.2) is 39.9 Å². The molecule has 0 saturated carbocycles. The van der Waals surface area contributed by atoms with Gasteiger partial charge in [-0.3, -0.25) is 9.69 Å². The fourth-order valence-electron chi connectivity index (χ4n) is 3.57. The SMILES string of the molecule is CC(C(=O)Nc1cccc(-c2ccc3ncnc(N)c3c2)c1)N1CCCC1. The van der Waals surface area contributed by atoms with Crippen LogP contribution in [0.4, 0.5) is 11.5 Å². The number of carbonyl (C=O) groups is 1. The molecule has 2 heterocycles. The lowest BCUT2D eigenvalue weighted by molar-refractivity contribution is -0.120. The van der Waals surface area contributed by atoms with E-state index in [0.29, 0.717) is 5.82 Å². The van der Waals surface area contributed by atoms with Crippen LogP contribution >= 0.6 is 0 Å². The van der Waals surface area contributed by atoms with Gasteiger partial charge in [-0.2, -0.15) is 0 Å². The predicted molar refractivity (Wildman–Crippen MR) is 108 cm³/mol. The first-order valence-electron chi connectivity index (χ1n) is 9.27. The minimum atomic E-state index is -0.117. The maximum absolute atomic E-state index is 12.6. The van der Waals surface area contributed by atoms with Gasteiger partial charge in [-0.05, 0) is 68.2 Å². The molecule has 3 N–H and O–H groups in total. The van der Waals surface area contributed by atoms with Gasteiger partial charge in [0.15, 0.2) is 0 Å². The lowest BCUT2D eigenvalue weighted by Gasteiger charge is -2.22. The number of anilines is 2. The quantitative estimate of drug-likeness (QED) is 0.745. The number of hydrogen-bond acceptors (Lipinski definition) is 5. The summed E-state index contributed by atoms with van der Waals surface area (Å²) >= 11 is 0. The molecule has 2 aromatic carbocycles. The molecule has 1 aliphatic heterocycles. The average Bonchev–Trinajstić information content (AvgIpc) is 3.22. The summed E-state index contributed by atoms with van der Waals surface area (Å²) in [6.45, 7) is 3.96. The standard InChI is InChI=1S/C21H23N5O/c1-14(26-9-2-3-10-26)21(27)25-17-6-4-5-15(11-17)16-7-8-19-18(12-16)20(22)24-13-23-19/h4-8,11-14H,2-3,9-10H2,1H3,(H,25,27)(H2,22,23,24). The van der Waals surface area contributed by atoms with E-state index >= 15 is 0 Å². The Balaban J connectivity index is 1.57. The molecule has 0 radical (unpaired) electrons. The lowest BCUT2D eigenvalue weighted by atomic mass is 10.0. The van der Waals surface area contributed by atoms with Crippen molar-refractivity contribution < 1.29 is 4.79 Å². The van der Waals surface area contributed by atoms with E-state index < -0.39 is 0 Å². The largest absolute Gasteiger partial charge is 0.383 e. The van der Waals surface area contributed by atoms with Gasteiger partial charge in [0.25, 0.3) is 0 Å². The van der Waals surface area contributed by atoms with E-state index in [9.17, 15) is 4.79 Å². The zero-order valence-electron chi connectivity index (χ0n) is 15.4. The number of nitrogens with one attached hydrogen (secondary N) is 1. The number of likely N-dealkylation sites (tertiary alicyclic amines) is 1. The number of aromatic nitrogens is 2. The molecule has 4 rings (SSSR count). The van der Waals surface area contributed by atoms with Gasteiger partial charge < -0.3 is 11.1 Å². The summed E-state index contributed by atoms with van der Waals surface area (Å²) in [5.41, 5.74) is 9.60. The van der Waals surface area contributed by atoms with Crippen LogP contribution in [0, 0.1) is 0 Å². The summed E-state index contributed by atoms with van der Waals surface area (Å²) in [7, 11) is 0. The molecular formula is C21H23N5O. The highest BCUT2D eigenvalue weighted by molar-refractivity contribution is 5.96. The second-order valence-electron chi connectivity index (χ2n) is 6.98. The van der Waals surface area contributed by atoms with E-state index in [0.717, 1.165) is 40.8 Å². The van der Waals surface area contributed by atoms with Crippen LogP contribution in [0.1, 0.15) is 19.8 Å². The summed E-state index contributed by atoms with van der Waals surface area (Å²) in [5, 5.41) is 3.87. The summed E-state index contributed by atoms with van der Waals surface area (Å²) < 4.78 is 0. The molecule has 0 bridgehead atoms. The van der Waals surface area contributed by atoms with Gasteiger partial charge in [-0.25, -0.2) is 9.97 Å². The summed E-state index contributed by atoms with van der Waals surface area (Å²) in [6.07, 6.45) is 3.80. The van der Waals surface area contributed by atoms with Crippen molar-refractivity contribution in [1.82, 2.24) is 14.9 Å². The Morgan fingerprint density at radius 2 is 1.89 bits per heavy atom. The number of amides is 1. The Labute approximate surface area is 158 Å². The molecule has 3 aromatic rings. The Morgan fingerprint density at radius 1 is 1.11 bits per heavy atom. The van der Waals surface area contributed by atoms with Crippen molar-refractivity contribution in [2.45, 2.75) is 25.8 Å². The molecule has 6 heteroatoms. The van der Waals surface area contributed by atoms with Crippen LogP contribution in [0.2, 0.25) is 0 Å². The first-order chi connectivity index (χ1) is 13.1. The van der Waals surface area contributed by atoms with Gasteiger partial charge in [0.05, 0.1) is 11.6 Å². The van der Waals surface area contributed by atoms with Crippen molar-refractivity contribution in [3.63, 3.8) is 0 Å². The van der Waals surface area contributed by atoms with Crippen LogP contribution in [0.3, 0.4) is 0 Å². The summed E-state index contributed by atoms with van der Waals surface area (Å²) in [4.78, 5) is 23.1.